The van der Waals surface area contributed by atoms with Crippen LogP contribution in [0.15, 0.2) is 30.3 Å². The van der Waals surface area contributed by atoms with Gasteiger partial charge in [0.2, 0.25) is 0 Å². The third-order valence-electron chi connectivity index (χ3n) is 3.46. The lowest BCUT2D eigenvalue weighted by atomic mass is 10.2. The van der Waals surface area contributed by atoms with Crippen LogP contribution in [0.3, 0.4) is 0 Å². The van der Waals surface area contributed by atoms with Gasteiger partial charge in [-0.05, 0) is 12.0 Å². The molecule has 0 saturated carbocycles. The topological polar surface area (TPSA) is 66.0 Å². The highest BCUT2D eigenvalue weighted by Gasteiger charge is 2.36. The average Bonchev–Trinajstić information content (AvgIpc) is 2.59. The predicted octanol–water partition coefficient (Wildman–Crippen LogP) is 1.63. The molecule has 0 amide bonds. The summed E-state index contributed by atoms with van der Waals surface area (Å²) in [6.07, 6.45) is 0.729. The quantitative estimate of drug-likeness (QED) is 0.434. The van der Waals surface area contributed by atoms with Gasteiger partial charge in [0.25, 0.3) is 0 Å². The molecule has 0 atom stereocenters. The molecule has 130 valence electrons. The molecule has 0 radical (unpaired) electrons. The van der Waals surface area contributed by atoms with Crippen LogP contribution in [-0.2, 0) is 29.4 Å². The van der Waals surface area contributed by atoms with Crippen molar-refractivity contribution in [2.45, 2.75) is 19.0 Å². The minimum Gasteiger partial charge on any atom is -0.377 e. The van der Waals surface area contributed by atoms with Crippen LogP contribution in [0.1, 0.15) is 12.0 Å². The molecular weight excluding hydrogens is 314 g/mol. The van der Waals surface area contributed by atoms with E-state index in [1.807, 2.05) is 30.3 Å². The Morgan fingerprint density at radius 2 is 1.74 bits per heavy atom. The van der Waals surface area contributed by atoms with E-state index in [9.17, 15) is 4.79 Å². The van der Waals surface area contributed by atoms with Crippen LogP contribution in [0.4, 0.5) is 0 Å². The maximum atomic E-state index is 11.7. The number of carbonyl (C=O) groups is 1. The molecule has 23 heavy (non-hydrogen) atoms. The van der Waals surface area contributed by atoms with Gasteiger partial charge in [0.05, 0.1) is 6.54 Å². The molecule has 0 heterocycles. The van der Waals surface area contributed by atoms with E-state index < -0.39 is 8.80 Å². The molecule has 7 heteroatoms. The van der Waals surface area contributed by atoms with Crippen LogP contribution in [0.5, 0.6) is 0 Å². The van der Waals surface area contributed by atoms with Crippen LogP contribution in [-0.4, -0.2) is 55.7 Å². The fraction of sp³-hybridized carbons (Fsp3) is 0.562. The van der Waals surface area contributed by atoms with E-state index in [-0.39, 0.29) is 12.4 Å². The SMILES string of the molecule is CO[Si](CCCOCC(=O)CNCc1ccccc1)(OC)OC. The number of ether oxygens (including phenoxy) is 1. The van der Waals surface area contributed by atoms with Crippen molar-refractivity contribution in [1.29, 1.82) is 0 Å². The molecule has 0 aromatic heterocycles. The highest BCUT2D eigenvalue weighted by Crippen LogP contribution is 2.14. The van der Waals surface area contributed by atoms with Gasteiger partial charge in [0.15, 0.2) is 5.78 Å². The first kappa shape index (κ1) is 20.0. The summed E-state index contributed by atoms with van der Waals surface area (Å²) in [4.78, 5) is 11.7. The number of nitrogens with one attached hydrogen (secondary N) is 1. The Bertz CT molecular complexity index is 431. The summed E-state index contributed by atoms with van der Waals surface area (Å²) in [5.41, 5.74) is 1.15. The summed E-state index contributed by atoms with van der Waals surface area (Å²) < 4.78 is 21.4. The highest BCUT2D eigenvalue weighted by atomic mass is 28.4. The van der Waals surface area contributed by atoms with Crippen LogP contribution < -0.4 is 5.32 Å². The Morgan fingerprint density at radius 1 is 1.09 bits per heavy atom. The zero-order valence-corrected chi connectivity index (χ0v) is 15.2. The molecule has 0 aliphatic rings. The molecule has 1 rings (SSSR count). The van der Waals surface area contributed by atoms with Crippen LogP contribution >= 0.6 is 0 Å². The first-order chi connectivity index (χ1) is 11.2. The summed E-state index contributed by atoms with van der Waals surface area (Å²) in [6, 6.07) is 10.6. The normalized spacial score (nSPS) is 11.6. The van der Waals surface area contributed by atoms with Gasteiger partial charge in [0, 0.05) is 40.5 Å². The summed E-state index contributed by atoms with van der Waals surface area (Å²) >= 11 is 0. The van der Waals surface area contributed by atoms with Gasteiger partial charge < -0.3 is 23.3 Å². The molecule has 0 unspecified atom stereocenters. The van der Waals surface area contributed by atoms with Gasteiger partial charge in [-0.25, -0.2) is 0 Å². The number of hydrogen-bond donors (Lipinski definition) is 1. The van der Waals surface area contributed by atoms with Crippen molar-refractivity contribution < 1.29 is 22.8 Å². The second-order valence-electron chi connectivity index (χ2n) is 5.08. The zero-order chi connectivity index (χ0) is 17.0. The molecule has 1 aromatic carbocycles. The Balaban J connectivity index is 2.08. The molecule has 0 bridgehead atoms. The van der Waals surface area contributed by atoms with Crippen molar-refractivity contribution in [1.82, 2.24) is 5.32 Å². The van der Waals surface area contributed by atoms with Crippen LogP contribution in [0.2, 0.25) is 6.04 Å². The van der Waals surface area contributed by atoms with Gasteiger partial charge in [0.1, 0.15) is 6.61 Å². The second kappa shape index (κ2) is 11.4. The largest absolute Gasteiger partial charge is 0.500 e. The minimum absolute atomic E-state index is 0.0367. The predicted molar refractivity (Wildman–Crippen MR) is 90.2 cm³/mol. The first-order valence-electron chi connectivity index (χ1n) is 7.65. The van der Waals surface area contributed by atoms with E-state index in [0.717, 1.165) is 12.0 Å². The second-order valence-corrected chi connectivity index (χ2v) is 8.17. The van der Waals surface area contributed by atoms with Gasteiger partial charge in [-0.3, -0.25) is 4.79 Å². The molecule has 1 N–H and O–H groups in total. The van der Waals surface area contributed by atoms with Crippen molar-refractivity contribution in [2.24, 2.45) is 0 Å². The van der Waals surface area contributed by atoms with E-state index in [0.29, 0.717) is 25.7 Å². The van der Waals surface area contributed by atoms with Crippen molar-refractivity contribution >= 4 is 14.6 Å². The first-order valence-corrected chi connectivity index (χ1v) is 9.58. The monoisotopic (exact) mass is 341 g/mol. The van der Waals surface area contributed by atoms with Crippen molar-refractivity contribution in [2.75, 3.05) is 41.1 Å². The number of hydrogen-bond acceptors (Lipinski definition) is 6. The molecular formula is C16H27NO5Si. The van der Waals surface area contributed by atoms with E-state index in [4.69, 9.17) is 18.0 Å². The molecule has 0 fully saturated rings. The smallest absolute Gasteiger partial charge is 0.377 e. The fourth-order valence-corrected chi connectivity index (χ4v) is 3.82. The summed E-state index contributed by atoms with van der Waals surface area (Å²) in [5.74, 6) is 0.0367. The van der Waals surface area contributed by atoms with Gasteiger partial charge in [-0.2, -0.15) is 0 Å². The van der Waals surface area contributed by atoms with Gasteiger partial charge in [-0.15, -0.1) is 0 Å². The van der Waals surface area contributed by atoms with E-state index in [1.54, 1.807) is 21.3 Å². The van der Waals surface area contributed by atoms with E-state index in [1.165, 1.54) is 0 Å². The summed E-state index contributed by atoms with van der Waals surface area (Å²) in [7, 11) is 2.23. The van der Waals surface area contributed by atoms with Crippen LogP contribution in [0.25, 0.3) is 0 Å². The number of carbonyl (C=O) groups excluding carboxylic acids is 1. The zero-order valence-electron chi connectivity index (χ0n) is 14.2. The Hall–Kier alpha value is -1.09. The molecule has 6 nitrogen and oxygen atoms in total. The van der Waals surface area contributed by atoms with E-state index >= 15 is 0 Å². The summed E-state index contributed by atoms with van der Waals surface area (Å²) in [5, 5.41) is 3.11. The molecule has 1 aromatic rings. The Kier molecular flexibility index (Phi) is 9.93. The van der Waals surface area contributed by atoms with Crippen molar-refractivity contribution in [3.63, 3.8) is 0 Å². The lowest BCUT2D eigenvalue weighted by Gasteiger charge is -2.24. The third kappa shape index (κ3) is 7.82. The number of Topliss-reactive ketones (excluding diaryl/α,β-unsaturated/α-hetero) is 1. The fourth-order valence-electron chi connectivity index (χ4n) is 2.13. The van der Waals surface area contributed by atoms with Crippen molar-refractivity contribution in [3.8, 4) is 0 Å². The number of ketones is 1. The maximum Gasteiger partial charge on any atom is 0.500 e. The van der Waals surface area contributed by atoms with Crippen molar-refractivity contribution in [3.05, 3.63) is 35.9 Å². The molecule has 0 saturated heterocycles. The minimum atomic E-state index is -2.53. The number of benzene rings is 1. The highest BCUT2D eigenvalue weighted by molar-refractivity contribution is 6.60. The molecule has 0 aliphatic carbocycles. The lowest BCUT2D eigenvalue weighted by molar-refractivity contribution is -0.122. The molecule has 0 aliphatic heterocycles. The standard InChI is InChI=1S/C16H27NO5Si/c1-19-23(20-2,21-3)11-7-10-22-14-16(18)13-17-12-15-8-5-4-6-9-15/h4-6,8-9,17H,7,10-14H2,1-3H3. The molecule has 0 spiro atoms. The lowest BCUT2D eigenvalue weighted by Crippen LogP contribution is -2.42. The Labute approximate surface area is 139 Å². The van der Waals surface area contributed by atoms with Gasteiger partial charge >= 0.3 is 8.80 Å². The van der Waals surface area contributed by atoms with Gasteiger partial charge in [-0.1, -0.05) is 30.3 Å². The van der Waals surface area contributed by atoms with E-state index in [2.05, 4.69) is 5.32 Å². The van der Waals surface area contributed by atoms with Crippen LogP contribution in [0, 0.1) is 0 Å². The number of rotatable bonds is 13. The summed E-state index contributed by atoms with van der Waals surface area (Å²) in [6.45, 7) is 1.58. The average molecular weight is 341 g/mol. The Morgan fingerprint density at radius 3 is 2.35 bits per heavy atom. The third-order valence-corrected chi connectivity index (χ3v) is 6.29. The maximum absolute atomic E-state index is 11.7.